The molecule has 0 unspecified atom stereocenters. The van der Waals surface area contributed by atoms with Crippen molar-refractivity contribution < 1.29 is 97.6 Å². The normalized spacial score (nSPS) is 27.6. The first-order valence-electron chi connectivity index (χ1n) is 38.0. The topological polar surface area (TPSA) is 406 Å². The molecule has 10 N–H and O–H groups in total. The molecule has 0 aromatic heterocycles. The highest BCUT2D eigenvalue weighted by Gasteiger charge is 2.54. The summed E-state index contributed by atoms with van der Waals surface area (Å²) in [5.74, 6) is -5.22. The van der Waals surface area contributed by atoms with Crippen molar-refractivity contribution in [1.82, 2.24) is 40.9 Å². The number of carboxylic acid groups (broad SMARTS) is 6. The van der Waals surface area contributed by atoms with Crippen LogP contribution in [0.1, 0.15) is 238 Å². The van der Waals surface area contributed by atoms with Gasteiger partial charge in [0.05, 0.1) is 37.4 Å². The predicted molar refractivity (Wildman–Crippen MR) is 377 cm³/mol. The number of aliphatic carboxylic acids is 6. The van der Waals surface area contributed by atoms with Gasteiger partial charge in [-0.3, -0.25) is 59.6 Å². The number of nitrogens with zero attached hydrogens (tertiary/aromatic N) is 4. The predicted octanol–water partition coefficient (Wildman–Crippen LogP) is 7.01. The van der Waals surface area contributed by atoms with Crippen molar-refractivity contribution >= 4 is 71.4 Å². The first kappa shape index (κ1) is 86.1. The maximum absolute atomic E-state index is 13.1. The second kappa shape index (κ2) is 40.1. The zero-order valence-electron chi connectivity index (χ0n) is 63.0. The van der Waals surface area contributed by atoms with Gasteiger partial charge < -0.3 is 59.7 Å². The smallest absolute Gasteiger partial charge is 0.326 e. The number of fused-ring (bicyclic) bond motifs is 4. The van der Waals surface area contributed by atoms with Crippen LogP contribution >= 0.6 is 0 Å². The lowest BCUT2D eigenvalue weighted by molar-refractivity contribution is -0.151. The molecular weight excluding hydrogens is 1320 g/mol. The third-order valence-corrected chi connectivity index (χ3v) is 22.0. The maximum atomic E-state index is 13.1. The quantitative estimate of drug-likeness (QED) is 0.0303. The van der Waals surface area contributed by atoms with E-state index in [0.29, 0.717) is 63.2 Å². The van der Waals surface area contributed by atoms with Crippen LogP contribution in [0.3, 0.4) is 0 Å². The Morgan fingerprint density at radius 3 is 0.833 bits per heavy atom. The van der Waals surface area contributed by atoms with Gasteiger partial charge in [0.1, 0.15) is 48.3 Å². The van der Waals surface area contributed by atoms with E-state index in [1.54, 1.807) is 51.3 Å². The fourth-order valence-corrected chi connectivity index (χ4v) is 17.1. The highest BCUT2D eigenvalue weighted by Crippen LogP contribution is 2.45. The molecule has 4 saturated heterocycles. The van der Waals surface area contributed by atoms with E-state index in [4.69, 9.17) is 9.47 Å². The highest BCUT2D eigenvalue weighted by molar-refractivity contribution is 5.91. The average molecular weight is 1450 g/mol. The summed E-state index contributed by atoms with van der Waals surface area (Å²) in [6, 6.07) is -8.53. The molecule has 28 heteroatoms. The number of amides is 4. The Morgan fingerprint density at radius 1 is 0.333 bits per heavy atom. The molecule has 4 amide bonds. The summed E-state index contributed by atoms with van der Waals surface area (Å²) in [5.41, 5.74) is 0. The number of likely N-dealkylation sites (tertiary alicyclic amines) is 4. The molecule has 8 fully saturated rings. The summed E-state index contributed by atoms with van der Waals surface area (Å²) < 4.78 is 10.3. The van der Waals surface area contributed by atoms with E-state index in [2.05, 4.69) is 35.1 Å². The van der Waals surface area contributed by atoms with Crippen molar-refractivity contribution in [2.75, 3.05) is 13.2 Å². The summed E-state index contributed by atoms with van der Waals surface area (Å²) >= 11 is 0. The molecule has 102 heavy (non-hydrogen) atoms. The largest absolute Gasteiger partial charge is 0.480 e. The fraction of sp³-hybridized carbons (Fsp3) is 0.838. The van der Waals surface area contributed by atoms with Gasteiger partial charge in [-0.1, -0.05) is 81.1 Å². The maximum Gasteiger partial charge on any atom is 0.326 e. The van der Waals surface area contributed by atoms with Gasteiger partial charge in [0, 0.05) is 24.2 Å². The molecule has 8 rings (SSSR count). The zero-order chi connectivity index (χ0) is 76.3. The summed E-state index contributed by atoms with van der Waals surface area (Å²) in [6.45, 7) is 26.8. The van der Waals surface area contributed by atoms with E-state index < -0.39 is 108 Å². The molecular formula is C74H124N8O20. The lowest BCUT2D eigenvalue weighted by Crippen LogP contribution is -2.55. The average Bonchev–Trinajstić information content (AvgIpc) is 1.65. The van der Waals surface area contributed by atoms with Crippen LogP contribution in [-0.4, -0.2) is 232 Å². The molecule has 20 atom stereocenters. The number of carbonyl (C=O) groups excluding carboxylic acids is 6. The van der Waals surface area contributed by atoms with Crippen molar-refractivity contribution in [3.8, 4) is 0 Å². The van der Waals surface area contributed by atoms with E-state index in [-0.39, 0.29) is 108 Å². The van der Waals surface area contributed by atoms with E-state index in [9.17, 15) is 88.2 Å². The first-order valence-corrected chi connectivity index (χ1v) is 38.0. The highest BCUT2D eigenvalue weighted by atomic mass is 16.5. The van der Waals surface area contributed by atoms with Crippen molar-refractivity contribution in [2.24, 2.45) is 47.3 Å². The molecule has 28 nitrogen and oxygen atoms in total. The number of rotatable bonds is 32. The van der Waals surface area contributed by atoms with Crippen LogP contribution < -0.4 is 21.3 Å². The molecule has 4 heterocycles. The van der Waals surface area contributed by atoms with Crippen molar-refractivity contribution in [1.29, 1.82) is 0 Å². The second-order valence-electron chi connectivity index (χ2n) is 31.5. The summed E-state index contributed by atoms with van der Waals surface area (Å²) in [7, 11) is 0. The van der Waals surface area contributed by atoms with E-state index in [1.807, 2.05) is 41.5 Å². The number of ether oxygens (including phenoxy) is 2. The number of carboxylic acids is 6. The van der Waals surface area contributed by atoms with Crippen LogP contribution in [0.4, 0.5) is 0 Å². The molecule has 580 valence electrons. The number of hydrogen-bond donors (Lipinski definition) is 10. The Hall–Kier alpha value is -6.52. The van der Waals surface area contributed by atoms with Crippen LogP contribution in [0, 0.1) is 47.3 Å². The Morgan fingerprint density at radius 2 is 0.578 bits per heavy atom. The molecule has 8 aliphatic rings. The van der Waals surface area contributed by atoms with Crippen LogP contribution in [0.2, 0.25) is 0 Å². The van der Waals surface area contributed by atoms with E-state index >= 15 is 0 Å². The summed E-state index contributed by atoms with van der Waals surface area (Å²) in [6.07, 6.45) is 17.1. The Labute approximate surface area is 603 Å². The minimum absolute atomic E-state index is 0.0130. The fourth-order valence-electron chi connectivity index (χ4n) is 17.1. The molecule has 0 bridgehead atoms. The van der Waals surface area contributed by atoms with E-state index in [0.717, 1.165) is 89.9 Å². The van der Waals surface area contributed by atoms with Crippen molar-refractivity contribution in [3.05, 3.63) is 0 Å². The van der Waals surface area contributed by atoms with Gasteiger partial charge in [-0.2, -0.15) is 0 Å². The van der Waals surface area contributed by atoms with Gasteiger partial charge >= 0.3 is 47.8 Å². The minimum Gasteiger partial charge on any atom is -0.480 e. The third kappa shape index (κ3) is 23.2. The number of nitrogens with one attached hydrogen (secondary N) is 4. The molecule has 0 radical (unpaired) electrons. The molecule has 4 aliphatic carbocycles. The summed E-state index contributed by atoms with van der Waals surface area (Å²) in [5, 5.41) is 68.7. The van der Waals surface area contributed by atoms with Crippen molar-refractivity contribution in [3.63, 3.8) is 0 Å². The van der Waals surface area contributed by atoms with Crippen LogP contribution in [0.25, 0.3) is 0 Å². The number of carbonyl (C=O) groups is 12. The summed E-state index contributed by atoms with van der Waals surface area (Å²) in [4.78, 5) is 152. The van der Waals surface area contributed by atoms with Crippen molar-refractivity contribution in [2.45, 2.75) is 335 Å². The third-order valence-electron chi connectivity index (χ3n) is 22.0. The lowest BCUT2D eigenvalue weighted by atomic mass is 10.0. The van der Waals surface area contributed by atoms with Crippen LogP contribution in [0.5, 0.6) is 0 Å². The van der Waals surface area contributed by atoms with Gasteiger partial charge in [-0.05, 0) is 204 Å². The monoisotopic (exact) mass is 1440 g/mol. The van der Waals surface area contributed by atoms with Crippen LogP contribution in [0.15, 0.2) is 0 Å². The Kier molecular flexibility index (Phi) is 33.9. The zero-order valence-corrected chi connectivity index (χ0v) is 63.0. The standard InChI is InChI=1S/C20H34N2O5.C19H32N2O5.C18H30N2O5.C17H28N2O5/c1-5-27-20(26)15(10-9-12(2)3)21-13(4)18(23)22-16-8-6-7-14(16)11-17(22)19(24)25;1-5-26-19(25)14(9-11(2)3)20-12(4)17(22)21-15-8-6-7-13(15)10-16(21)18(23)24;1-10(2)7-8-13(17(22)23)19-11(3)16(21)20-14-6-4-5-12(14)9-15(20)18(24)25;1-9(2)7-12(16(21)22)18-10(3)15(20)19-13-6-4-5-11(13)8-14(19)17(23)24/h12-17,21H,5-11H2,1-4H3,(H,24,25);11-16,20H,5-10H2,1-4H3,(H,23,24);10-15,19H,4-9H2,1-3H3,(H,22,23)(H,24,25);9-14,18H,4-8H2,1-3H3,(H,21,22)(H,23,24)/t13-,14-,15-,16-,17-;12-,13-,14-,15-,16-;11-,12-,13-,14-,15-;10-,11-,12-,13-,14-/m0000/s1. The number of hydrogen-bond acceptors (Lipinski definition) is 18. The molecule has 0 aromatic carbocycles. The molecule has 0 aromatic rings. The lowest BCUT2D eigenvalue weighted by Gasteiger charge is -2.32. The van der Waals surface area contributed by atoms with Gasteiger partial charge in [-0.15, -0.1) is 0 Å². The molecule has 0 spiro atoms. The van der Waals surface area contributed by atoms with Gasteiger partial charge in [0.25, 0.3) is 0 Å². The van der Waals surface area contributed by atoms with E-state index in [1.165, 1.54) is 9.80 Å². The molecule has 4 aliphatic heterocycles. The van der Waals surface area contributed by atoms with Crippen LogP contribution in [-0.2, 0) is 67.0 Å². The first-order chi connectivity index (χ1) is 47.9. The SMILES string of the molecule is CC(C)CC[C@H](N[C@@H](C)C(=O)N1[C@H](C(=O)O)C[C@@H]2CCC[C@@H]21)C(=O)O.CC(C)C[C@H](N[C@@H](C)C(=O)N1[C@H](C(=O)O)C[C@@H]2CCC[C@@H]21)C(=O)O.CCOC(=O)[C@H](CC(C)C)N[C@@H](C)C(=O)N1[C@H](C(=O)O)C[C@@H]2CCC[C@@H]21.CCOC(=O)[C@H](CCC(C)C)N[C@@H](C)C(=O)N1[C@H](C(=O)O)C[C@@H]2CCC[C@@H]21. The molecule has 4 saturated carbocycles. The Bertz CT molecular complexity index is 2860. The second-order valence-corrected chi connectivity index (χ2v) is 31.5. The van der Waals surface area contributed by atoms with Gasteiger partial charge in [0.15, 0.2) is 0 Å². The van der Waals surface area contributed by atoms with Gasteiger partial charge in [-0.25, -0.2) is 19.2 Å². The minimum atomic E-state index is -0.988. The Balaban J connectivity index is 0.000000245. The number of esters is 2. The van der Waals surface area contributed by atoms with Gasteiger partial charge in [0.2, 0.25) is 23.6 Å².